The lowest BCUT2D eigenvalue weighted by Crippen LogP contribution is -2.56. The molecular weight excluding hydrogens is 308 g/mol. The van der Waals surface area contributed by atoms with Crippen LogP contribution >= 0.6 is 0 Å². The average molecular weight is 340 g/mol. The number of nitrogens with one attached hydrogen (secondary N) is 1. The normalized spacial score (nSPS) is 26.0. The quantitative estimate of drug-likeness (QED) is 0.672. The molecule has 2 rings (SSSR count). The molecule has 0 bridgehead atoms. The SMILES string of the molecule is CCC(OC1CCCCC1)C(=O)NC1CC(N(CC)CC(=O)O)C1. The largest absolute Gasteiger partial charge is 0.480 e. The summed E-state index contributed by atoms with van der Waals surface area (Å²) >= 11 is 0. The molecule has 24 heavy (non-hydrogen) atoms. The Hall–Kier alpha value is -1.14. The average Bonchev–Trinajstić information content (AvgIpc) is 2.54. The van der Waals surface area contributed by atoms with Crippen molar-refractivity contribution in [2.75, 3.05) is 13.1 Å². The topological polar surface area (TPSA) is 78.9 Å². The van der Waals surface area contributed by atoms with Gasteiger partial charge in [-0.05, 0) is 38.6 Å². The van der Waals surface area contributed by atoms with Crippen molar-refractivity contribution in [3.8, 4) is 0 Å². The molecule has 1 unspecified atom stereocenters. The minimum Gasteiger partial charge on any atom is -0.480 e. The summed E-state index contributed by atoms with van der Waals surface area (Å²) in [6.07, 6.45) is 8.02. The highest BCUT2D eigenvalue weighted by Crippen LogP contribution is 2.26. The molecule has 2 aliphatic carbocycles. The molecule has 2 N–H and O–H groups in total. The summed E-state index contributed by atoms with van der Waals surface area (Å²) in [6.45, 7) is 4.76. The number of amides is 1. The maximum Gasteiger partial charge on any atom is 0.317 e. The summed E-state index contributed by atoms with van der Waals surface area (Å²) < 4.78 is 6.02. The molecule has 0 saturated heterocycles. The fourth-order valence-electron chi connectivity index (χ4n) is 3.75. The summed E-state index contributed by atoms with van der Waals surface area (Å²) in [5.74, 6) is -0.802. The third kappa shape index (κ3) is 5.45. The van der Waals surface area contributed by atoms with Gasteiger partial charge < -0.3 is 15.2 Å². The van der Waals surface area contributed by atoms with Gasteiger partial charge in [-0.1, -0.05) is 33.1 Å². The van der Waals surface area contributed by atoms with E-state index in [0.29, 0.717) is 6.42 Å². The minimum absolute atomic E-state index is 0.00666. The van der Waals surface area contributed by atoms with E-state index in [1.54, 1.807) is 0 Å². The van der Waals surface area contributed by atoms with Crippen LogP contribution in [-0.2, 0) is 14.3 Å². The van der Waals surface area contributed by atoms with E-state index in [4.69, 9.17) is 9.84 Å². The van der Waals surface area contributed by atoms with E-state index in [0.717, 1.165) is 32.2 Å². The lowest BCUT2D eigenvalue weighted by atomic mass is 9.85. The number of hydrogen-bond donors (Lipinski definition) is 2. The van der Waals surface area contributed by atoms with Crippen molar-refractivity contribution in [1.82, 2.24) is 10.2 Å². The van der Waals surface area contributed by atoms with Gasteiger partial charge in [-0.25, -0.2) is 0 Å². The Morgan fingerprint density at radius 2 is 1.88 bits per heavy atom. The predicted molar refractivity (Wildman–Crippen MR) is 91.9 cm³/mol. The summed E-state index contributed by atoms with van der Waals surface area (Å²) in [5, 5.41) is 12.0. The fraction of sp³-hybridized carbons (Fsp3) is 0.889. The molecule has 138 valence electrons. The maximum absolute atomic E-state index is 12.4. The van der Waals surface area contributed by atoms with Crippen LogP contribution < -0.4 is 5.32 Å². The third-order valence-electron chi connectivity index (χ3n) is 5.29. The van der Waals surface area contributed by atoms with E-state index in [-0.39, 0.29) is 36.7 Å². The van der Waals surface area contributed by atoms with Gasteiger partial charge in [-0.3, -0.25) is 14.5 Å². The van der Waals surface area contributed by atoms with Crippen LogP contribution in [0.25, 0.3) is 0 Å². The van der Waals surface area contributed by atoms with Gasteiger partial charge >= 0.3 is 5.97 Å². The molecule has 2 saturated carbocycles. The Balaban J connectivity index is 1.72. The van der Waals surface area contributed by atoms with Gasteiger partial charge in [0.05, 0.1) is 12.6 Å². The Bertz CT molecular complexity index is 417. The summed E-state index contributed by atoms with van der Waals surface area (Å²) in [4.78, 5) is 25.3. The van der Waals surface area contributed by atoms with Gasteiger partial charge in [0.15, 0.2) is 0 Å². The van der Waals surface area contributed by atoms with Gasteiger partial charge in [0.25, 0.3) is 0 Å². The van der Waals surface area contributed by atoms with E-state index >= 15 is 0 Å². The smallest absolute Gasteiger partial charge is 0.317 e. The van der Waals surface area contributed by atoms with Gasteiger partial charge in [0, 0.05) is 12.1 Å². The summed E-state index contributed by atoms with van der Waals surface area (Å²) in [6, 6.07) is 0.407. The molecule has 0 aromatic rings. The number of rotatable bonds is 9. The first-order chi connectivity index (χ1) is 11.5. The van der Waals surface area contributed by atoms with Crippen LogP contribution in [0.5, 0.6) is 0 Å². The monoisotopic (exact) mass is 340 g/mol. The first kappa shape index (κ1) is 19.2. The number of carboxylic acids is 1. The van der Waals surface area contributed by atoms with E-state index < -0.39 is 5.97 Å². The molecule has 0 aromatic heterocycles. The third-order valence-corrected chi connectivity index (χ3v) is 5.29. The highest BCUT2D eigenvalue weighted by molar-refractivity contribution is 5.81. The lowest BCUT2D eigenvalue weighted by molar-refractivity contribution is -0.142. The van der Waals surface area contributed by atoms with E-state index in [2.05, 4.69) is 5.32 Å². The number of carbonyl (C=O) groups excluding carboxylic acids is 1. The molecule has 0 aliphatic heterocycles. The summed E-state index contributed by atoms with van der Waals surface area (Å²) in [5.41, 5.74) is 0. The van der Waals surface area contributed by atoms with Gasteiger partial charge in [0.2, 0.25) is 5.91 Å². The molecule has 1 amide bonds. The van der Waals surface area contributed by atoms with Crippen molar-refractivity contribution in [3.63, 3.8) is 0 Å². The molecule has 2 fully saturated rings. The van der Waals surface area contributed by atoms with Crippen LogP contribution in [0.1, 0.15) is 65.2 Å². The van der Waals surface area contributed by atoms with E-state index in [9.17, 15) is 9.59 Å². The highest BCUT2D eigenvalue weighted by atomic mass is 16.5. The van der Waals surface area contributed by atoms with Crippen LogP contribution in [0.3, 0.4) is 0 Å². The predicted octanol–water partition coefficient (Wildman–Crippen LogP) is 2.17. The molecule has 0 aromatic carbocycles. The second kappa shape index (κ2) is 9.37. The molecule has 0 heterocycles. The Morgan fingerprint density at radius 1 is 1.21 bits per heavy atom. The highest BCUT2D eigenvalue weighted by Gasteiger charge is 2.36. The minimum atomic E-state index is -0.795. The van der Waals surface area contributed by atoms with Crippen LogP contribution in [0, 0.1) is 0 Å². The molecule has 0 radical (unpaired) electrons. The van der Waals surface area contributed by atoms with E-state index in [1.807, 2.05) is 18.7 Å². The Morgan fingerprint density at radius 3 is 2.42 bits per heavy atom. The van der Waals surface area contributed by atoms with Crippen LogP contribution in [-0.4, -0.2) is 59.3 Å². The van der Waals surface area contributed by atoms with E-state index in [1.165, 1.54) is 19.3 Å². The van der Waals surface area contributed by atoms with Gasteiger partial charge in [0.1, 0.15) is 6.10 Å². The van der Waals surface area contributed by atoms with Crippen molar-refractivity contribution >= 4 is 11.9 Å². The number of nitrogens with zero attached hydrogens (tertiary/aromatic N) is 1. The molecule has 0 spiro atoms. The van der Waals surface area contributed by atoms with Crippen molar-refractivity contribution in [1.29, 1.82) is 0 Å². The Kier molecular flexibility index (Phi) is 7.49. The molecule has 6 heteroatoms. The van der Waals surface area contributed by atoms with Crippen LogP contribution in [0.4, 0.5) is 0 Å². The first-order valence-corrected chi connectivity index (χ1v) is 9.45. The zero-order valence-electron chi connectivity index (χ0n) is 15.0. The number of aliphatic carboxylic acids is 1. The van der Waals surface area contributed by atoms with Gasteiger partial charge in [-0.15, -0.1) is 0 Å². The molecular formula is C18H32N2O4. The maximum atomic E-state index is 12.4. The number of likely N-dealkylation sites (N-methyl/N-ethyl adjacent to an activating group) is 1. The van der Waals surface area contributed by atoms with Gasteiger partial charge in [-0.2, -0.15) is 0 Å². The second-order valence-electron chi connectivity index (χ2n) is 7.08. The number of ether oxygens (including phenoxy) is 1. The second-order valence-corrected chi connectivity index (χ2v) is 7.08. The van der Waals surface area contributed by atoms with Crippen LogP contribution in [0.15, 0.2) is 0 Å². The standard InChI is InChI=1S/C18H32N2O4/c1-3-16(24-15-8-6-5-7-9-15)18(23)19-13-10-14(11-13)20(4-2)12-17(21)22/h13-16H,3-12H2,1-2H3,(H,19,23)(H,21,22). The van der Waals surface area contributed by atoms with Crippen LogP contribution in [0.2, 0.25) is 0 Å². The van der Waals surface area contributed by atoms with Crippen molar-refractivity contribution in [3.05, 3.63) is 0 Å². The molecule has 2 aliphatic rings. The summed E-state index contributed by atoms with van der Waals surface area (Å²) in [7, 11) is 0. The van der Waals surface area contributed by atoms with Crippen molar-refractivity contribution in [2.24, 2.45) is 0 Å². The lowest BCUT2D eigenvalue weighted by Gasteiger charge is -2.42. The zero-order chi connectivity index (χ0) is 17.5. The van der Waals surface area contributed by atoms with Crippen molar-refractivity contribution in [2.45, 2.75) is 89.5 Å². The van der Waals surface area contributed by atoms with Crippen molar-refractivity contribution < 1.29 is 19.4 Å². The zero-order valence-corrected chi connectivity index (χ0v) is 15.0. The molecule has 1 atom stereocenters. The Labute approximate surface area is 144 Å². The number of carboxylic acid groups (broad SMARTS) is 1. The first-order valence-electron chi connectivity index (χ1n) is 9.45. The number of carbonyl (C=O) groups is 2. The fourth-order valence-corrected chi connectivity index (χ4v) is 3.75. The molecule has 6 nitrogen and oxygen atoms in total. The number of hydrogen-bond acceptors (Lipinski definition) is 4.